The van der Waals surface area contributed by atoms with Gasteiger partial charge in [-0.2, -0.15) is 0 Å². The van der Waals surface area contributed by atoms with Crippen LogP contribution in [-0.2, 0) is 6.54 Å². The van der Waals surface area contributed by atoms with Crippen molar-refractivity contribution in [3.63, 3.8) is 0 Å². The summed E-state index contributed by atoms with van der Waals surface area (Å²) >= 11 is 0. The lowest BCUT2D eigenvalue weighted by molar-refractivity contribution is 0.128. The van der Waals surface area contributed by atoms with E-state index < -0.39 is 0 Å². The van der Waals surface area contributed by atoms with E-state index in [1.165, 1.54) is 31.2 Å². The normalized spacial score (nSPS) is 38.2. The van der Waals surface area contributed by atoms with Crippen molar-refractivity contribution >= 4 is 0 Å². The van der Waals surface area contributed by atoms with Gasteiger partial charge in [0.25, 0.3) is 0 Å². The zero-order chi connectivity index (χ0) is 15.3. The summed E-state index contributed by atoms with van der Waals surface area (Å²) in [5.74, 6) is 4.88. The first-order valence-corrected chi connectivity index (χ1v) is 8.95. The third kappa shape index (κ3) is 2.27. The van der Waals surface area contributed by atoms with Gasteiger partial charge < -0.3 is 10.1 Å². The summed E-state index contributed by atoms with van der Waals surface area (Å²) in [6, 6.07) is 9.20. The van der Waals surface area contributed by atoms with E-state index in [0.717, 1.165) is 42.0 Å². The molecule has 0 spiro atoms. The number of benzene rings is 1. The summed E-state index contributed by atoms with van der Waals surface area (Å²) in [5, 5.41) is 3.87. The molecule has 0 aliphatic heterocycles. The van der Waals surface area contributed by atoms with Crippen molar-refractivity contribution in [3.05, 3.63) is 29.8 Å². The Morgan fingerprint density at radius 3 is 2.91 bits per heavy atom. The molecule has 2 nitrogen and oxygen atoms in total. The van der Waals surface area contributed by atoms with Crippen LogP contribution in [0.25, 0.3) is 0 Å². The van der Waals surface area contributed by atoms with Crippen LogP contribution in [0.15, 0.2) is 24.3 Å². The maximum atomic E-state index is 5.33. The summed E-state index contributed by atoms with van der Waals surface area (Å²) in [6.07, 6.45) is 5.79. The Morgan fingerprint density at radius 2 is 2.09 bits per heavy atom. The lowest BCUT2D eigenvalue weighted by Crippen LogP contribution is -2.40. The van der Waals surface area contributed by atoms with Crippen molar-refractivity contribution in [2.75, 3.05) is 7.11 Å². The SMILES string of the molecule is COc1cccc(CNC2CC3CC2C2CCC(C)(C)C32)c1. The Bertz CT molecular complexity index is 552. The van der Waals surface area contributed by atoms with E-state index in [9.17, 15) is 0 Å². The third-order valence-corrected chi connectivity index (χ3v) is 6.89. The second-order valence-electron chi connectivity index (χ2n) is 8.45. The van der Waals surface area contributed by atoms with Crippen LogP contribution in [0.4, 0.5) is 0 Å². The van der Waals surface area contributed by atoms with Gasteiger partial charge in [0.15, 0.2) is 0 Å². The van der Waals surface area contributed by atoms with Crippen LogP contribution in [0.2, 0.25) is 0 Å². The van der Waals surface area contributed by atoms with Gasteiger partial charge in [-0.05, 0) is 72.5 Å². The molecule has 3 aliphatic rings. The fourth-order valence-electron chi connectivity index (χ4n) is 6.08. The van der Waals surface area contributed by atoms with Crippen molar-refractivity contribution in [1.29, 1.82) is 0 Å². The number of methoxy groups -OCH3 is 1. The summed E-state index contributed by atoms with van der Waals surface area (Å²) < 4.78 is 5.33. The molecule has 2 bridgehead atoms. The maximum absolute atomic E-state index is 5.33. The zero-order valence-corrected chi connectivity index (χ0v) is 14.1. The molecule has 0 saturated heterocycles. The first-order chi connectivity index (χ1) is 10.6. The zero-order valence-electron chi connectivity index (χ0n) is 14.1. The van der Waals surface area contributed by atoms with Crippen molar-refractivity contribution < 1.29 is 4.74 Å². The van der Waals surface area contributed by atoms with Crippen LogP contribution in [0, 0.1) is 29.1 Å². The lowest BCUT2D eigenvalue weighted by Gasteiger charge is -2.37. The predicted molar refractivity (Wildman–Crippen MR) is 89.8 cm³/mol. The largest absolute Gasteiger partial charge is 0.497 e. The van der Waals surface area contributed by atoms with Crippen molar-refractivity contribution in [2.45, 2.75) is 52.1 Å². The third-order valence-electron chi connectivity index (χ3n) is 6.89. The summed E-state index contributed by atoms with van der Waals surface area (Å²) in [7, 11) is 1.74. The molecule has 5 atom stereocenters. The summed E-state index contributed by atoms with van der Waals surface area (Å²) in [5.41, 5.74) is 1.94. The van der Waals surface area contributed by atoms with Crippen molar-refractivity contribution in [2.24, 2.45) is 29.1 Å². The average Bonchev–Trinajstić information content (AvgIpc) is 3.17. The highest BCUT2D eigenvalue weighted by molar-refractivity contribution is 5.28. The highest BCUT2D eigenvalue weighted by Gasteiger charge is 2.59. The first kappa shape index (κ1) is 14.6. The summed E-state index contributed by atoms with van der Waals surface area (Å²) in [4.78, 5) is 0. The molecular weight excluding hydrogens is 270 g/mol. The van der Waals surface area contributed by atoms with E-state index in [1.807, 2.05) is 6.07 Å². The minimum absolute atomic E-state index is 0.599. The quantitative estimate of drug-likeness (QED) is 0.897. The highest BCUT2D eigenvalue weighted by atomic mass is 16.5. The highest BCUT2D eigenvalue weighted by Crippen LogP contribution is 2.64. The van der Waals surface area contributed by atoms with Gasteiger partial charge >= 0.3 is 0 Å². The molecule has 5 unspecified atom stereocenters. The van der Waals surface area contributed by atoms with Gasteiger partial charge in [-0.15, -0.1) is 0 Å². The Morgan fingerprint density at radius 1 is 1.23 bits per heavy atom. The Kier molecular flexibility index (Phi) is 3.48. The van der Waals surface area contributed by atoms with E-state index in [1.54, 1.807) is 7.11 Å². The van der Waals surface area contributed by atoms with E-state index in [-0.39, 0.29) is 0 Å². The molecule has 1 aromatic carbocycles. The van der Waals surface area contributed by atoms with Crippen LogP contribution < -0.4 is 10.1 Å². The van der Waals surface area contributed by atoms with Crippen LogP contribution in [0.3, 0.4) is 0 Å². The number of hydrogen-bond acceptors (Lipinski definition) is 2. The van der Waals surface area contributed by atoms with Gasteiger partial charge in [-0.3, -0.25) is 0 Å². The first-order valence-electron chi connectivity index (χ1n) is 8.95. The summed E-state index contributed by atoms with van der Waals surface area (Å²) in [6.45, 7) is 6.00. The number of hydrogen-bond donors (Lipinski definition) is 1. The van der Waals surface area contributed by atoms with Gasteiger partial charge in [0.05, 0.1) is 7.11 Å². The lowest BCUT2D eigenvalue weighted by atomic mass is 9.70. The second kappa shape index (κ2) is 5.26. The van der Waals surface area contributed by atoms with Gasteiger partial charge in [-0.1, -0.05) is 26.0 Å². The fraction of sp³-hybridized carbons (Fsp3) is 0.700. The molecule has 3 aliphatic carbocycles. The van der Waals surface area contributed by atoms with Crippen LogP contribution in [0.1, 0.15) is 45.1 Å². The van der Waals surface area contributed by atoms with Gasteiger partial charge in [0.1, 0.15) is 5.75 Å². The minimum Gasteiger partial charge on any atom is -0.497 e. The predicted octanol–water partition coefficient (Wildman–Crippen LogP) is 4.25. The van der Waals surface area contributed by atoms with Crippen molar-refractivity contribution in [1.82, 2.24) is 5.32 Å². The molecule has 120 valence electrons. The molecule has 22 heavy (non-hydrogen) atoms. The number of fused-ring (bicyclic) bond motifs is 5. The second-order valence-corrected chi connectivity index (χ2v) is 8.45. The van der Waals surface area contributed by atoms with Gasteiger partial charge in [0, 0.05) is 12.6 Å². The average molecular weight is 299 g/mol. The van der Waals surface area contributed by atoms with Crippen LogP contribution >= 0.6 is 0 Å². The molecule has 0 radical (unpaired) electrons. The van der Waals surface area contributed by atoms with Gasteiger partial charge in [-0.25, -0.2) is 0 Å². The minimum atomic E-state index is 0.599. The van der Waals surface area contributed by atoms with E-state index in [4.69, 9.17) is 4.74 Å². The van der Waals surface area contributed by atoms with Crippen molar-refractivity contribution in [3.8, 4) is 5.75 Å². The smallest absolute Gasteiger partial charge is 0.119 e. The number of ether oxygens (including phenoxy) is 1. The number of nitrogens with one attached hydrogen (secondary N) is 1. The molecule has 3 fully saturated rings. The Balaban J connectivity index is 1.40. The molecule has 1 N–H and O–H groups in total. The van der Waals surface area contributed by atoms with Gasteiger partial charge in [0.2, 0.25) is 0 Å². The molecule has 2 heteroatoms. The Hall–Kier alpha value is -1.02. The maximum Gasteiger partial charge on any atom is 0.119 e. The molecule has 1 aromatic rings. The molecular formula is C20H29NO. The molecule has 0 heterocycles. The van der Waals surface area contributed by atoms with E-state index >= 15 is 0 Å². The standard InChI is InChI=1S/C20H29NO/c1-20(2)8-7-16-17-10-14(19(16)20)11-18(17)21-12-13-5-4-6-15(9-13)22-3/h4-6,9,14,16-19,21H,7-8,10-12H2,1-3H3. The topological polar surface area (TPSA) is 21.3 Å². The molecule has 0 aromatic heterocycles. The van der Waals surface area contributed by atoms with Crippen LogP contribution in [0.5, 0.6) is 5.75 Å². The van der Waals surface area contributed by atoms with Crippen LogP contribution in [-0.4, -0.2) is 13.2 Å². The molecule has 4 rings (SSSR count). The molecule has 3 saturated carbocycles. The van der Waals surface area contributed by atoms with E-state index in [0.29, 0.717) is 5.41 Å². The molecule has 0 amide bonds. The monoisotopic (exact) mass is 299 g/mol. The fourth-order valence-corrected chi connectivity index (χ4v) is 6.08. The Labute approximate surface area is 134 Å². The van der Waals surface area contributed by atoms with E-state index in [2.05, 4.69) is 37.4 Å². The number of rotatable bonds is 4.